The van der Waals surface area contributed by atoms with Gasteiger partial charge in [0.05, 0.1) is 11.0 Å². The van der Waals surface area contributed by atoms with E-state index in [9.17, 15) is 14.9 Å². The summed E-state index contributed by atoms with van der Waals surface area (Å²) in [7, 11) is 3.97. The van der Waals surface area contributed by atoms with Gasteiger partial charge in [-0.25, -0.2) is 0 Å². The molecule has 0 aliphatic carbocycles. The highest BCUT2D eigenvalue weighted by atomic mass is 16.6. The van der Waals surface area contributed by atoms with Crippen LogP contribution in [0.15, 0.2) is 42.5 Å². The molecule has 2 aromatic carbocycles. The zero-order valence-electron chi connectivity index (χ0n) is 19.4. The van der Waals surface area contributed by atoms with Crippen molar-refractivity contribution >= 4 is 23.0 Å². The lowest BCUT2D eigenvalue weighted by Gasteiger charge is -2.26. The molecule has 1 amide bonds. The van der Waals surface area contributed by atoms with E-state index >= 15 is 0 Å². The number of rotatable bonds is 8. The monoisotopic (exact) mass is 452 g/mol. The van der Waals surface area contributed by atoms with Crippen molar-refractivity contribution in [3.05, 3.63) is 63.7 Å². The average molecular weight is 453 g/mol. The van der Waals surface area contributed by atoms with Gasteiger partial charge in [0.2, 0.25) is 0 Å². The molecule has 0 bridgehead atoms. The van der Waals surface area contributed by atoms with Crippen LogP contribution >= 0.6 is 0 Å². The number of ether oxygens (including phenoxy) is 1. The molecule has 0 radical (unpaired) electrons. The highest BCUT2D eigenvalue weighted by Crippen LogP contribution is 2.32. The summed E-state index contributed by atoms with van der Waals surface area (Å²) in [5.74, 6) is -0.210. The van der Waals surface area contributed by atoms with E-state index in [0.29, 0.717) is 30.9 Å². The lowest BCUT2D eigenvalue weighted by Crippen LogP contribution is -2.37. The molecule has 2 aromatic rings. The molecule has 2 saturated heterocycles. The summed E-state index contributed by atoms with van der Waals surface area (Å²) >= 11 is 0. The minimum absolute atomic E-state index is 0.00449. The van der Waals surface area contributed by atoms with Crippen molar-refractivity contribution in [1.29, 1.82) is 0 Å². The third kappa shape index (κ3) is 5.45. The van der Waals surface area contributed by atoms with Gasteiger partial charge in [0, 0.05) is 64.2 Å². The number of hydrogen-bond donors (Lipinski definition) is 0. The Morgan fingerprint density at radius 3 is 2.45 bits per heavy atom. The Balaban J connectivity index is 1.59. The Labute approximate surface area is 194 Å². The summed E-state index contributed by atoms with van der Waals surface area (Å²) in [5, 5.41) is 11.8. The Bertz CT molecular complexity index is 980. The maximum atomic E-state index is 13.5. The third-order valence-electron chi connectivity index (χ3n) is 6.43. The van der Waals surface area contributed by atoms with Gasteiger partial charge in [0.15, 0.2) is 0 Å². The fourth-order valence-corrected chi connectivity index (χ4v) is 4.58. The Kier molecular flexibility index (Phi) is 7.13. The SMILES string of the molecule is CN(C)c1ccc(CN(CC2CCCO2)C(=O)c2ccc(N3CCCC3)c([N+](=O)[O-])c2)cc1. The Morgan fingerprint density at radius 2 is 1.85 bits per heavy atom. The van der Waals surface area contributed by atoms with Crippen LogP contribution in [-0.4, -0.2) is 62.2 Å². The number of anilines is 2. The third-order valence-corrected chi connectivity index (χ3v) is 6.43. The van der Waals surface area contributed by atoms with Crippen molar-refractivity contribution in [1.82, 2.24) is 4.90 Å². The van der Waals surface area contributed by atoms with Crippen LogP contribution in [0.2, 0.25) is 0 Å². The van der Waals surface area contributed by atoms with Crippen molar-refractivity contribution in [2.45, 2.75) is 38.3 Å². The number of nitrogens with zero attached hydrogens (tertiary/aromatic N) is 4. The molecular weight excluding hydrogens is 420 g/mol. The molecule has 4 rings (SSSR count). The fraction of sp³-hybridized carbons (Fsp3) is 0.480. The summed E-state index contributed by atoms with van der Waals surface area (Å²) in [5.41, 5.74) is 3.03. The van der Waals surface area contributed by atoms with Gasteiger partial charge < -0.3 is 19.4 Å². The molecule has 1 atom stereocenters. The van der Waals surface area contributed by atoms with Gasteiger partial charge in [-0.15, -0.1) is 0 Å². The van der Waals surface area contributed by atoms with Crippen LogP contribution in [0.3, 0.4) is 0 Å². The van der Waals surface area contributed by atoms with Gasteiger partial charge in [-0.05, 0) is 55.5 Å². The maximum Gasteiger partial charge on any atom is 0.293 e. The standard InChI is InChI=1S/C25H32N4O4/c1-26(2)21-10-7-19(8-11-21)17-28(18-22-6-5-15-33-22)25(30)20-9-12-23(24(16-20)29(31)32)27-13-3-4-14-27/h7-12,16,22H,3-6,13-15,17-18H2,1-2H3. The van der Waals surface area contributed by atoms with Crippen molar-refractivity contribution in [3.63, 3.8) is 0 Å². The minimum Gasteiger partial charge on any atom is -0.378 e. The van der Waals surface area contributed by atoms with Crippen LogP contribution in [-0.2, 0) is 11.3 Å². The zero-order valence-corrected chi connectivity index (χ0v) is 19.4. The van der Waals surface area contributed by atoms with Crippen LogP contribution in [0.25, 0.3) is 0 Å². The van der Waals surface area contributed by atoms with Crippen LogP contribution in [0, 0.1) is 10.1 Å². The van der Waals surface area contributed by atoms with E-state index in [-0.39, 0.29) is 22.6 Å². The second-order valence-electron chi connectivity index (χ2n) is 9.04. The molecule has 176 valence electrons. The number of carbonyl (C=O) groups excluding carboxylic acids is 1. The van der Waals surface area contributed by atoms with Gasteiger partial charge in [0.1, 0.15) is 5.69 Å². The normalized spacial score (nSPS) is 17.9. The second kappa shape index (κ2) is 10.2. The zero-order chi connectivity index (χ0) is 23.4. The fourth-order valence-electron chi connectivity index (χ4n) is 4.58. The van der Waals surface area contributed by atoms with E-state index in [4.69, 9.17) is 4.74 Å². The number of carbonyl (C=O) groups is 1. The smallest absolute Gasteiger partial charge is 0.293 e. The minimum atomic E-state index is -0.380. The summed E-state index contributed by atoms with van der Waals surface area (Å²) in [6.07, 6.45) is 3.95. The molecule has 0 N–H and O–H groups in total. The number of nitro benzene ring substituents is 1. The lowest BCUT2D eigenvalue weighted by molar-refractivity contribution is -0.384. The molecular formula is C25H32N4O4. The van der Waals surface area contributed by atoms with Gasteiger partial charge >= 0.3 is 0 Å². The molecule has 0 saturated carbocycles. The van der Waals surface area contributed by atoms with Crippen LogP contribution in [0.5, 0.6) is 0 Å². The number of benzene rings is 2. The summed E-state index contributed by atoms with van der Waals surface area (Å²) in [6, 6.07) is 13.0. The van der Waals surface area contributed by atoms with E-state index in [0.717, 1.165) is 50.0 Å². The molecule has 2 fully saturated rings. The van der Waals surface area contributed by atoms with E-state index in [2.05, 4.69) is 0 Å². The Hall–Kier alpha value is -3.13. The van der Waals surface area contributed by atoms with Gasteiger partial charge in [-0.1, -0.05) is 12.1 Å². The quantitative estimate of drug-likeness (QED) is 0.444. The lowest BCUT2D eigenvalue weighted by atomic mass is 10.1. The van der Waals surface area contributed by atoms with E-state index in [1.54, 1.807) is 17.0 Å². The summed E-state index contributed by atoms with van der Waals surface area (Å²) in [6.45, 7) is 3.22. The highest BCUT2D eigenvalue weighted by molar-refractivity contribution is 5.96. The molecule has 8 heteroatoms. The summed E-state index contributed by atoms with van der Waals surface area (Å²) < 4.78 is 5.79. The molecule has 2 aliphatic rings. The molecule has 2 heterocycles. The average Bonchev–Trinajstić information content (AvgIpc) is 3.52. The second-order valence-corrected chi connectivity index (χ2v) is 9.04. The first-order chi connectivity index (χ1) is 15.9. The molecule has 8 nitrogen and oxygen atoms in total. The number of hydrogen-bond acceptors (Lipinski definition) is 6. The van der Waals surface area contributed by atoms with Gasteiger partial charge in [-0.3, -0.25) is 14.9 Å². The van der Waals surface area contributed by atoms with Gasteiger partial charge in [-0.2, -0.15) is 0 Å². The first-order valence-corrected chi connectivity index (χ1v) is 11.6. The largest absolute Gasteiger partial charge is 0.378 e. The molecule has 33 heavy (non-hydrogen) atoms. The first-order valence-electron chi connectivity index (χ1n) is 11.6. The van der Waals surface area contributed by atoms with Crippen LogP contribution in [0.1, 0.15) is 41.6 Å². The van der Waals surface area contributed by atoms with Crippen molar-refractivity contribution < 1.29 is 14.5 Å². The first kappa shape index (κ1) is 23.0. The van der Waals surface area contributed by atoms with Crippen LogP contribution < -0.4 is 9.80 Å². The van der Waals surface area contributed by atoms with E-state index in [1.165, 1.54) is 6.07 Å². The molecule has 2 aliphatic heterocycles. The van der Waals surface area contributed by atoms with Crippen LogP contribution in [0.4, 0.5) is 17.1 Å². The van der Waals surface area contributed by atoms with Crippen molar-refractivity contribution in [3.8, 4) is 0 Å². The number of amides is 1. The topological polar surface area (TPSA) is 79.2 Å². The Morgan fingerprint density at radius 1 is 1.12 bits per heavy atom. The van der Waals surface area contributed by atoms with E-state index in [1.807, 2.05) is 48.2 Å². The molecule has 0 spiro atoms. The predicted octanol–water partition coefficient (Wildman–Crippen LogP) is 4.08. The molecule has 0 aromatic heterocycles. The maximum absolute atomic E-state index is 13.5. The van der Waals surface area contributed by atoms with E-state index < -0.39 is 0 Å². The molecule has 1 unspecified atom stereocenters. The highest BCUT2D eigenvalue weighted by Gasteiger charge is 2.27. The van der Waals surface area contributed by atoms with Crippen molar-refractivity contribution in [2.24, 2.45) is 0 Å². The van der Waals surface area contributed by atoms with Gasteiger partial charge in [0.25, 0.3) is 11.6 Å². The predicted molar refractivity (Wildman–Crippen MR) is 129 cm³/mol. The summed E-state index contributed by atoms with van der Waals surface area (Å²) in [4.78, 5) is 30.8. The number of nitro groups is 1. The van der Waals surface area contributed by atoms with Crippen molar-refractivity contribution in [2.75, 3.05) is 50.1 Å².